The molecule has 0 aliphatic carbocycles. The summed E-state index contributed by atoms with van der Waals surface area (Å²) in [5.41, 5.74) is 0. The Bertz CT molecular complexity index is 246. The van der Waals surface area contributed by atoms with Crippen molar-refractivity contribution in [2.75, 3.05) is 25.2 Å². The van der Waals surface area contributed by atoms with E-state index in [1.165, 1.54) is 11.8 Å². The van der Waals surface area contributed by atoms with Crippen molar-refractivity contribution in [2.24, 2.45) is 5.92 Å². The minimum Gasteiger partial charge on any atom is -0.480 e. The summed E-state index contributed by atoms with van der Waals surface area (Å²) in [6.07, 6.45) is 0.448. The first kappa shape index (κ1) is 16.2. The van der Waals surface area contributed by atoms with Crippen LogP contribution in [0.4, 0.5) is 0 Å². The molecule has 0 aromatic carbocycles. The van der Waals surface area contributed by atoms with Crippen molar-refractivity contribution in [3.05, 3.63) is 0 Å². The standard InChI is InChI=1S/C11H21NO4S/c1-8(2)6-9(11(14)15)12-10(13)7-17-5-4-16-3/h8-9H,4-7H2,1-3H3,(H,12,13)(H,14,15)/t9-/m1/s1. The zero-order chi connectivity index (χ0) is 13.3. The second-order valence-electron chi connectivity index (χ2n) is 4.13. The minimum absolute atomic E-state index is 0.234. The topological polar surface area (TPSA) is 75.6 Å². The number of methoxy groups -OCH3 is 1. The molecule has 0 spiro atoms. The molecule has 1 amide bonds. The molecule has 0 saturated heterocycles. The Morgan fingerprint density at radius 1 is 1.41 bits per heavy atom. The molecule has 0 rings (SSSR count). The van der Waals surface area contributed by atoms with Crippen LogP contribution in [0.1, 0.15) is 20.3 Å². The van der Waals surface area contributed by atoms with E-state index >= 15 is 0 Å². The smallest absolute Gasteiger partial charge is 0.326 e. The maximum absolute atomic E-state index is 11.5. The summed E-state index contributed by atoms with van der Waals surface area (Å²) in [4.78, 5) is 22.4. The summed E-state index contributed by atoms with van der Waals surface area (Å²) in [6, 6.07) is -0.787. The van der Waals surface area contributed by atoms with Gasteiger partial charge in [0.05, 0.1) is 12.4 Å². The first-order chi connectivity index (χ1) is 7.97. The molecule has 0 aliphatic rings. The minimum atomic E-state index is -0.978. The van der Waals surface area contributed by atoms with Crippen LogP contribution in [-0.2, 0) is 14.3 Å². The predicted molar refractivity (Wildman–Crippen MR) is 68.2 cm³/mol. The van der Waals surface area contributed by atoms with Crippen LogP contribution in [0.2, 0.25) is 0 Å². The van der Waals surface area contributed by atoms with Crippen LogP contribution in [0, 0.1) is 5.92 Å². The monoisotopic (exact) mass is 263 g/mol. The van der Waals surface area contributed by atoms with E-state index in [0.29, 0.717) is 13.0 Å². The van der Waals surface area contributed by atoms with Crippen molar-refractivity contribution < 1.29 is 19.4 Å². The number of carboxylic acid groups (broad SMARTS) is 1. The zero-order valence-corrected chi connectivity index (χ0v) is 11.4. The molecule has 0 aromatic rings. The van der Waals surface area contributed by atoms with Crippen molar-refractivity contribution in [1.82, 2.24) is 5.32 Å². The highest BCUT2D eigenvalue weighted by Crippen LogP contribution is 2.06. The van der Waals surface area contributed by atoms with E-state index < -0.39 is 12.0 Å². The molecule has 0 fully saturated rings. The van der Waals surface area contributed by atoms with Gasteiger partial charge in [-0.05, 0) is 12.3 Å². The molecule has 6 heteroatoms. The molecule has 0 unspecified atom stereocenters. The zero-order valence-electron chi connectivity index (χ0n) is 10.6. The van der Waals surface area contributed by atoms with E-state index in [0.717, 1.165) is 5.75 Å². The second kappa shape index (κ2) is 9.30. The Morgan fingerprint density at radius 3 is 2.53 bits per heavy atom. The number of rotatable bonds is 9. The SMILES string of the molecule is COCCSCC(=O)N[C@H](CC(C)C)C(=O)O. The van der Waals surface area contributed by atoms with Gasteiger partial charge in [-0.1, -0.05) is 13.8 Å². The van der Waals surface area contributed by atoms with Crippen LogP contribution in [-0.4, -0.2) is 48.2 Å². The van der Waals surface area contributed by atoms with E-state index in [9.17, 15) is 9.59 Å². The molecular weight excluding hydrogens is 242 g/mol. The molecule has 1 atom stereocenters. The van der Waals surface area contributed by atoms with Crippen molar-refractivity contribution in [2.45, 2.75) is 26.3 Å². The molecule has 2 N–H and O–H groups in total. The van der Waals surface area contributed by atoms with Gasteiger partial charge in [0.25, 0.3) is 0 Å². The third kappa shape index (κ3) is 9.00. The van der Waals surface area contributed by atoms with Gasteiger partial charge in [-0.3, -0.25) is 4.79 Å². The Hall–Kier alpha value is -0.750. The van der Waals surface area contributed by atoms with Crippen LogP contribution in [0.15, 0.2) is 0 Å². The number of ether oxygens (including phenoxy) is 1. The third-order valence-corrected chi connectivity index (χ3v) is 2.93. The van der Waals surface area contributed by atoms with Gasteiger partial charge in [-0.25, -0.2) is 4.79 Å². The lowest BCUT2D eigenvalue weighted by molar-refractivity contribution is -0.141. The molecule has 0 aromatic heterocycles. The number of hydrogen-bond donors (Lipinski definition) is 2. The molecule has 0 aliphatic heterocycles. The molecule has 17 heavy (non-hydrogen) atoms. The first-order valence-corrected chi connectivity index (χ1v) is 6.71. The van der Waals surface area contributed by atoms with Gasteiger partial charge < -0.3 is 15.2 Å². The Morgan fingerprint density at radius 2 is 2.06 bits per heavy atom. The maximum atomic E-state index is 11.5. The molecule has 0 saturated carbocycles. The van der Waals surface area contributed by atoms with Crippen LogP contribution < -0.4 is 5.32 Å². The van der Waals surface area contributed by atoms with Gasteiger partial charge in [0.15, 0.2) is 0 Å². The summed E-state index contributed by atoms with van der Waals surface area (Å²) in [5, 5.41) is 11.5. The van der Waals surface area contributed by atoms with Gasteiger partial charge in [0.1, 0.15) is 6.04 Å². The molecule has 0 radical (unpaired) electrons. The summed E-state index contributed by atoms with van der Waals surface area (Å²) in [7, 11) is 1.60. The highest BCUT2D eigenvalue weighted by molar-refractivity contribution is 7.99. The Balaban J connectivity index is 3.91. The number of thioether (sulfide) groups is 1. The lowest BCUT2D eigenvalue weighted by Gasteiger charge is -2.16. The maximum Gasteiger partial charge on any atom is 0.326 e. The highest BCUT2D eigenvalue weighted by atomic mass is 32.2. The fraction of sp³-hybridized carbons (Fsp3) is 0.818. The fourth-order valence-electron chi connectivity index (χ4n) is 1.24. The summed E-state index contributed by atoms with van der Waals surface area (Å²) in [5.74, 6) is 0.0162. The van der Waals surface area contributed by atoms with Crippen molar-refractivity contribution in [3.8, 4) is 0 Å². The fourth-order valence-corrected chi connectivity index (χ4v) is 1.93. The summed E-state index contributed by atoms with van der Waals surface area (Å²) < 4.78 is 4.85. The van der Waals surface area contributed by atoms with Gasteiger partial charge in [-0.15, -0.1) is 11.8 Å². The normalized spacial score (nSPS) is 12.5. The lowest BCUT2D eigenvalue weighted by Crippen LogP contribution is -2.42. The number of nitrogens with one attached hydrogen (secondary N) is 1. The van der Waals surface area contributed by atoms with Gasteiger partial charge in [0, 0.05) is 12.9 Å². The predicted octanol–water partition coefficient (Wildman–Crippen LogP) is 0.981. The van der Waals surface area contributed by atoms with Crippen LogP contribution in [0.5, 0.6) is 0 Å². The van der Waals surface area contributed by atoms with Gasteiger partial charge in [0.2, 0.25) is 5.91 Å². The van der Waals surface area contributed by atoms with Crippen molar-refractivity contribution >= 4 is 23.6 Å². The number of hydrogen-bond acceptors (Lipinski definition) is 4. The number of aliphatic carboxylic acids is 1. The molecular formula is C11H21NO4S. The van der Waals surface area contributed by atoms with Crippen LogP contribution >= 0.6 is 11.8 Å². The third-order valence-electron chi connectivity index (χ3n) is 2.01. The molecule has 5 nitrogen and oxygen atoms in total. The molecule has 100 valence electrons. The number of carbonyl (C=O) groups is 2. The van der Waals surface area contributed by atoms with E-state index in [-0.39, 0.29) is 17.6 Å². The van der Waals surface area contributed by atoms with Crippen molar-refractivity contribution in [3.63, 3.8) is 0 Å². The summed E-state index contributed by atoms with van der Waals surface area (Å²) in [6.45, 7) is 4.44. The average Bonchev–Trinajstić information content (AvgIpc) is 2.22. The van der Waals surface area contributed by atoms with E-state index in [1.807, 2.05) is 13.8 Å². The largest absolute Gasteiger partial charge is 0.480 e. The molecule has 0 heterocycles. The number of amides is 1. The number of carbonyl (C=O) groups excluding carboxylic acids is 1. The van der Waals surface area contributed by atoms with Gasteiger partial charge in [-0.2, -0.15) is 0 Å². The number of carboxylic acids is 1. The molecule has 0 bridgehead atoms. The first-order valence-electron chi connectivity index (χ1n) is 5.56. The van der Waals surface area contributed by atoms with E-state index in [4.69, 9.17) is 9.84 Å². The Labute approximate surface area is 106 Å². The summed E-state index contributed by atoms with van der Waals surface area (Å²) >= 11 is 1.43. The Kier molecular flexibility index (Phi) is 8.89. The second-order valence-corrected chi connectivity index (χ2v) is 5.24. The quantitative estimate of drug-likeness (QED) is 0.607. The van der Waals surface area contributed by atoms with E-state index in [2.05, 4.69) is 5.32 Å². The van der Waals surface area contributed by atoms with Crippen LogP contribution in [0.3, 0.4) is 0 Å². The van der Waals surface area contributed by atoms with Crippen molar-refractivity contribution in [1.29, 1.82) is 0 Å². The lowest BCUT2D eigenvalue weighted by atomic mass is 10.0. The van der Waals surface area contributed by atoms with Crippen LogP contribution in [0.25, 0.3) is 0 Å². The van der Waals surface area contributed by atoms with E-state index in [1.54, 1.807) is 7.11 Å². The highest BCUT2D eigenvalue weighted by Gasteiger charge is 2.20. The average molecular weight is 263 g/mol. The van der Waals surface area contributed by atoms with Gasteiger partial charge >= 0.3 is 5.97 Å².